The van der Waals surface area contributed by atoms with Crippen LogP contribution in [0.2, 0.25) is 0 Å². The molecule has 3 aliphatic heterocycles. The molecule has 1 aromatic carbocycles. The zero-order valence-corrected chi connectivity index (χ0v) is 20.9. The molecular weight excluding hydrogens is 430 g/mol. The van der Waals surface area contributed by atoms with Crippen molar-refractivity contribution in [2.75, 3.05) is 33.9 Å². The number of hydrogen-bond acceptors (Lipinski definition) is 5. The number of carbonyl (C=O) groups is 1. The third kappa shape index (κ3) is 3.47. The summed E-state index contributed by atoms with van der Waals surface area (Å²) in [7, 11) is 5.36. The molecule has 1 aromatic heterocycles. The molecule has 2 fully saturated rings. The molecule has 5 rings (SSSR count). The summed E-state index contributed by atoms with van der Waals surface area (Å²) < 4.78 is 13.2. The van der Waals surface area contributed by atoms with Crippen LogP contribution in [0.1, 0.15) is 49.4 Å². The minimum absolute atomic E-state index is 0.107. The second-order valence-electron chi connectivity index (χ2n) is 9.61. The Balaban J connectivity index is 1.48. The maximum atomic E-state index is 13.7. The van der Waals surface area contributed by atoms with Gasteiger partial charge >= 0.3 is 6.03 Å². The minimum atomic E-state index is -0.261. The average molecular weight is 466 g/mol. The predicted octanol–water partition coefficient (Wildman–Crippen LogP) is 3.73. The van der Waals surface area contributed by atoms with Gasteiger partial charge in [0.1, 0.15) is 11.5 Å². The highest BCUT2D eigenvalue weighted by Gasteiger charge is 2.54. The van der Waals surface area contributed by atoms with Gasteiger partial charge in [-0.1, -0.05) is 13.0 Å². The number of rotatable bonds is 5. The predicted molar refractivity (Wildman–Crippen MR) is 130 cm³/mol. The highest BCUT2D eigenvalue weighted by Crippen LogP contribution is 2.49. The number of methoxy groups -OCH3 is 2. The van der Waals surface area contributed by atoms with E-state index < -0.39 is 0 Å². The Morgan fingerprint density at radius 1 is 1.18 bits per heavy atom. The van der Waals surface area contributed by atoms with E-state index in [1.165, 1.54) is 5.69 Å². The minimum Gasteiger partial charge on any atom is -0.497 e. The normalized spacial score (nSPS) is 21.9. The van der Waals surface area contributed by atoms with E-state index >= 15 is 0 Å². The van der Waals surface area contributed by atoms with Gasteiger partial charge in [-0.05, 0) is 37.5 Å². The van der Waals surface area contributed by atoms with Crippen molar-refractivity contribution in [2.45, 2.75) is 51.2 Å². The second-order valence-corrected chi connectivity index (χ2v) is 9.61. The highest BCUT2D eigenvalue weighted by atomic mass is 16.5. The second kappa shape index (κ2) is 8.65. The van der Waals surface area contributed by atoms with Gasteiger partial charge in [0.15, 0.2) is 0 Å². The lowest BCUT2D eigenvalue weighted by Gasteiger charge is -2.44. The summed E-state index contributed by atoms with van der Waals surface area (Å²) in [6.45, 7) is 8.31. The molecule has 34 heavy (non-hydrogen) atoms. The fraction of sp³-hybridized carbons (Fsp3) is 0.538. The van der Waals surface area contributed by atoms with Crippen LogP contribution < -0.4 is 9.47 Å². The zero-order valence-electron chi connectivity index (χ0n) is 20.9. The van der Waals surface area contributed by atoms with Gasteiger partial charge < -0.3 is 14.4 Å². The van der Waals surface area contributed by atoms with E-state index in [2.05, 4.69) is 47.0 Å². The number of allylic oxidation sites excluding steroid dienone is 1. The van der Waals surface area contributed by atoms with Crippen LogP contribution in [0.15, 0.2) is 36.2 Å². The van der Waals surface area contributed by atoms with Crippen molar-refractivity contribution in [1.29, 1.82) is 0 Å². The summed E-state index contributed by atoms with van der Waals surface area (Å²) >= 11 is 0. The molecule has 1 atom stereocenters. The molecule has 4 heterocycles. The van der Waals surface area contributed by atoms with Gasteiger partial charge in [0.2, 0.25) is 0 Å². The summed E-state index contributed by atoms with van der Waals surface area (Å²) in [5, 5.41) is 4.31. The Hall–Kier alpha value is -3.00. The van der Waals surface area contributed by atoms with Crippen LogP contribution >= 0.6 is 0 Å². The first kappa shape index (κ1) is 22.8. The summed E-state index contributed by atoms with van der Waals surface area (Å²) in [5.41, 5.74) is 4.34. The van der Waals surface area contributed by atoms with E-state index in [-0.39, 0.29) is 17.5 Å². The number of carbonyl (C=O) groups excluding carboxylic acids is 1. The van der Waals surface area contributed by atoms with E-state index in [0.717, 1.165) is 60.8 Å². The van der Waals surface area contributed by atoms with Crippen molar-refractivity contribution in [3.05, 3.63) is 53.0 Å². The van der Waals surface area contributed by atoms with Crippen molar-refractivity contribution >= 4 is 6.03 Å². The number of aromatic nitrogens is 2. The first-order valence-corrected chi connectivity index (χ1v) is 12.2. The summed E-state index contributed by atoms with van der Waals surface area (Å²) in [6, 6.07) is 6.18. The number of benzene rings is 1. The molecule has 2 amide bonds. The number of ether oxygens (including phenoxy) is 2. The Morgan fingerprint density at radius 3 is 2.56 bits per heavy atom. The number of urea groups is 1. The van der Waals surface area contributed by atoms with Crippen molar-refractivity contribution < 1.29 is 14.3 Å². The lowest BCUT2D eigenvalue weighted by Crippen LogP contribution is -2.53. The standard InChI is InChI=1S/C26H35N5O3/c1-6-31-25(32)30-16-19-14-21(33-4)15-22(34-5)24(19)18(2)13-23(30)26(31)8-11-29(12-9-26)17-20-7-10-27-28(20)3/h7,10,13-15,18H,6,8-9,11-12,16-17H2,1-5H3/t18-/m0/s1. The van der Waals surface area contributed by atoms with Gasteiger partial charge in [-0.25, -0.2) is 4.79 Å². The monoisotopic (exact) mass is 465 g/mol. The number of likely N-dealkylation sites (N-methyl/N-ethyl adjacent to an activating group) is 1. The fourth-order valence-corrected chi connectivity index (χ4v) is 6.13. The SMILES string of the molecule is CCN1C(=O)N2Cc3cc(OC)cc(OC)c3[C@@H](C)C=C2C12CCN(Cc1ccnn1C)CC2. The van der Waals surface area contributed by atoms with Crippen molar-refractivity contribution in [3.8, 4) is 11.5 Å². The Bertz CT molecular complexity index is 1120. The topological polar surface area (TPSA) is 63.1 Å². The molecular formula is C26H35N5O3. The van der Waals surface area contributed by atoms with Gasteiger partial charge in [0.25, 0.3) is 0 Å². The lowest BCUT2D eigenvalue weighted by molar-refractivity contribution is 0.0876. The van der Waals surface area contributed by atoms with Gasteiger partial charge in [0, 0.05) is 62.7 Å². The summed E-state index contributed by atoms with van der Waals surface area (Å²) in [6.07, 6.45) is 6.02. The molecule has 8 nitrogen and oxygen atoms in total. The van der Waals surface area contributed by atoms with E-state index in [1.54, 1.807) is 14.2 Å². The average Bonchev–Trinajstić information content (AvgIpc) is 3.27. The third-order valence-corrected chi connectivity index (χ3v) is 7.90. The van der Waals surface area contributed by atoms with Crippen LogP contribution in [-0.2, 0) is 20.1 Å². The molecule has 0 unspecified atom stereocenters. The first-order chi connectivity index (χ1) is 16.4. The van der Waals surface area contributed by atoms with Crippen LogP contribution in [0.3, 0.4) is 0 Å². The number of fused-ring (bicyclic) bond motifs is 3. The molecule has 0 N–H and O–H groups in total. The van der Waals surface area contributed by atoms with E-state index in [0.29, 0.717) is 13.1 Å². The van der Waals surface area contributed by atoms with Crippen molar-refractivity contribution in [2.24, 2.45) is 7.05 Å². The zero-order chi connectivity index (χ0) is 24.0. The molecule has 0 bridgehead atoms. The molecule has 3 aliphatic rings. The molecule has 182 valence electrons. The number of aryl methyl sites for hydroxylation is 1. The maximum absolute atomic E-state index is 13.7. The van der Waals surface area contributed by atoms with Crippen LogP contribution in [0.25, 0.3) is 0 Å². The fourth-order valence-electron chi connectivity index (χ4n) is 6.13. The molecule has 8 heteroatoms. The number of amides is 2. The number of hydrogen-bond donors (Lipinski definition) is 0. The molecule has 0 saturated carbocycles. The first-order valence-electron chi connectivity index (χ1n) is 12.2. The van der Waals surface area contributed by atoms with Gasteiger partial charge in [0.05, 0.1) is 32.0 Å². The molecule has 1 spiro atoms. The van der Waals surface area contributed by atoms with Crippen LogP contribution in [0.4, 0.5) is 4.79 Å². The van der Waals surface area contributed by atoms with E-state index in [9.17, 15) is 4.79 Å². The number of nitrogens with zero attached hydrogens (tertiary/aromatic N) is 5. The quantitative estimate of drug-likeness (QED) is 0.673. The summed E-state index contributed by atoms with van der Waals surface area (Å²) in [5.74, 6) is 1.70. The molecule has 0 radical (unpaired) electrons. The molecule has 0 aliphatic carbocycles. The largest absolute Gasteiger partial charge is 0.497 e. The lowest BCUT2D eigenvalue weighted by atomic mass is 9.82. The van der Waals surface area contributed by atoms with Crippen LogP contribution in [0.5, 0.6) is 11.5 Å². The Labute approximate surface area is 201 Å². The Morgan fingerprint density at radius 2 is 1.94 bits per heavy atom. The number of piperidine rings is 1. The van der Waals surface area contributed by atoms with Crippen molar-refractivity contribution in [1.82, 2.24) is 24.5 Å². The van der Waals surface area contributed by atoms with Gasteiger partial charge in [-0.15, -0.1) is 0 Å². The third-order valence-electron chi connectivity index (χ3n) is 7.90. The summed E-state index contributed by atoms with van der Waals surface area (Å²) in [4.78, 5) is 20.3. The smallest absolute Gasteiger partial charge is 0.325 e. The van der Waals surface area contributed by atoms with Crippen LogP contribution in [-0.4, -0.2) is 69.9 Å². The highest BCUT2D eigenvalue weighted by molar-refractivity contribution is 5.83. The van der Waals surface area contributed by atoms with Gasteiger partial charge in [-0.2, -0.15) is 5.10 Å². The van der Waals surface area contributed by atoms with Gasteiger partial charge in [-0.3, -0.25) is 14.5 Å². The van der Waals surface area contributed by atoms with E-state index in [1.807, 2.05) is 28.9 Å². The maximum Gasteiger partial charge on any atom is 0.325 e. The van der Waals surface area contributed by atoms with Crippen molar-refractivity contribution in [3.63, 3.8) is 0 Å². The Kier molecular flexibility index (Phi) is 5.80. The number of likely N-dealkylation sites (tertiary alicyclic amines) is 1. The van der Waals surface area contributed by atoms with E-state index in [4.69, 9.17) is 9.47 Å². The van der Waals surface area contributed by atoms with Crippen LogP contribution in [0, 0.1) is 0 Å². The molecule has 2 aromatic rings. The molecule has 2 saturated heterocycles.